The van der Waals surface area contributed by atoms with Crippen LogP contribution in [0.1, 0.15) is 5.56 Å². The van der Waals surface area contributed by atoms with Gasteiger partial charge in [-0.3, -0.25) is 4.79 Å². The summed E-state index contributed by atoms with van der Waals surface area (Å²) in [7, 11) is 4.59. The number of nitrogens with zero attached hydrogens (tertiary/aromatic N) is 2. The van der Waals surface area contributed by atoms with Gasteiger partial charge in [0.2, 0.25) is 5.75 Å². The van der Waals surface area contributed by atoms with Gasteiger partial charge in [0.25, 0.3) is 5.91 Å². The molecule has 1 aliphatic heterocycles. The number of hydrazone groups is 1. The molecule has 8 heteroatoms. The van der Waals surface area contributed by atoms with Crippen molar-refractivity contribution in [2.75, 3.05) is 27.1 Å². The number of hydrogen-bond acceptors (Lipinski definition) is 7. The number of carbonyl (C=O) groups is 1. The van der Waals surface area contributed by atoms with E-state index in [4.69, 9.17) is 26.4 Å². The summed E-state index contributed by atoms with van der Waals surface area (Å²) >= 11 is 6.35. The number of carbonyl (C=O) groups excluding carboxylic acids is 1. The Morgan fingerprint density at radius 2 is 1.95 bits per heavy atom. The number of amides is 1. The summed E-state index contributed by atoms with van der Waals surface area (Å²) in [6.07, 6.45) is 1.51. The van der Waals surface area contributed by atoms with E-state index >= 15 is 0 Å². The van der Waals surface area contributed by atoms with Gasteiger partial charge in [-0.2, -0.15) is 10.1 Å². The molecule has 0 N–H and O–H groups in total. The van der Waals surface area contributed by atoms with E-state index in [2.05, 4.69) is 5.10 Å². The number of ether oxygens (including phenoxy) is 3. The highest BCUT2D eigenvalue weighted by Gasteiger charge is 2.26. The highest BCUT2D eigenvalue weighted by molar-refractivity contribution is 8.23. The zero-order valence-electron chi connectivity index (χ0n) is 11.8. The molecule has 1 amide bonds. The molecule has 1 saturated heterocycles. The zero-order valence-corrected chi connectivity index (χ0v) is 13.4. The number of thioether (sulfide) groups is 1. The number of benzene rings is 1. The van der Waals surface area contributed by atoms with Gasteiger partial charge >= 0.3 is 0 Å². The highest BCUT2D eigenvalue weighted by Crippen LogP contribution is 2.39. The minimum absolute atomic E-state index is 0.138. The van der Waals surface area contributed by atoms with Gasteiger partial charge in [-0.05, 0) is 12.1 Å². The maximum Gasteiger partial charge on any atom is 0.259 e. The molecule has 1 heterocycles. The Labute approximate surface area is 132 Å². The van der Waals surface area contributed by atoms with Crippen LogP contribution in [-0.4, -0.2) is 48.5 Å². The van der Waals surface area contributed by atoms with Gasteiger partial charge in [-0.15, -0.1) is 0 Å². The van der Waals surface area contributed by atoms with Crippen LogP contribution in [0, 0.1) is 0 Å². The van der Waals surface area contributed by atoms with Crippen molar-refractivity contribution in [1.29, 1.82) is 0 Å². The van der Waals surface area contributed by atoms with Crippen molar-refractivity contribution in [2.24, 2.45) is 5.10 Å². The van der Waals surface area contributed by atoms with Crippen LogP contribution in [0.2, 0.25) is 0 Å². The summed E-state index contributed by atoms with van der Waals surface area (Å²) in [4.78, 5) is 11.6. The molecule has 1 aromatic carbocycles. The first kappa shape index (κ1) is 15.6. The minimum atomic E-state index is -0.138. The third kappa shape index (κ3) is 3.11. The van der Waals surface area contributed by atoms with Crippen molar-refractivity contribution in [3.63, 3.8) is 0 Å². The molecule has 1 aliphatic rings. The fourth-order valence-electron chi connectivity index (χ4n) is 1.81. The maximum atomic E-state index is 11.6. The lowest BCUT2D eigenvalue weighted by Crippen LogP contribution is -2.22. The van der Waals surface area contributed by atoms with E-state index < -0.39 is 0 Å². The summed E-state index contributed by atoms with van der Waals surface area (Å²) in [6.45, 7) is 0. The Morgan fingerprint density at radius 3 is 2.48 bits per heavy atom. The smallest absolute Gasteiger partial charge is 0.259 e. The first-order valence-corrected chi connectivity index (χ1v) is 7.34. The van der Waals surface area contributed by atoms with Crippen LogP contribution in [0.15, 0.2) is 17.2 Å². The van der Waals surface area contributed by atoms with Crippen LogP contribution in [0.25, 0.3) is 0 Å². The van der Waals surface area contributed by atoms with Crippen LogP contribution in [0.4, 0.5) is 0 Å². The maximum absolute atomic E-state index is 11.6. The molecule has 1 fully saturated rings. The van der Waals surface area contributed by atoms with Crippen LogP contribution >= 0.6 is 24.0 Å². The van der Waals surface area contributed by atoms with Crippen molar-refractivity contribution in [1.82, 2.24) is 5.01 Å². The molecule has 2 rings (SSSR count). The largest absolute Gasteiger partial charge is 0.493 e. The standard InChI is InChI=1S/C13H14N2O4S2/c1-17-9-5-4-8(11(18-2)12(9)19-3)6-14-15-10(16)7-21-13(15)20/h4-6H,7H2,1-3H3. The van der Waals surface area contributed by atoms with Gasteiger partial charge in [0, 0.05) is 5.56 Å². The van der Waals surface area contributed by atoms with Crippen LogP contribution in [-0.2, 0) is 4.79 Å². The van der Waals surface area contributed by atoms with Crippen molar-refractivity contribution in [3.8, 4) is 17.2 Å². The Hall–Kier alpha value is -1.80. The number of rotatable bonds is 5. The lowest BCUT2D eigenvalue weighted by Gasteiger charge is -2.14. The molecule has 0 bridgehead atoms. The second-order valence-electron chi connectivity index (χ2n) is 3.93. The fourth-order valence-corrected chi connectivity index (χ4v) is 2.77. The molecule has 0 saturated carbocycles. The average molecular weight is 326 g/mol. The molecule has 0 aromatic heterocycles. The molecule has 1 aromatic rings. The zero-order chi connectivity index (χ0) is 15.4. The molecule has 0 atom stereocenters. The molecular formula is C13H14N2O4S2. The average Bonchev–Trinajstić information content (AvgIpc) is 2.82. The van der Waals surface area contributed by atoms with E-state index in [1.807, 2.05) is 0 Å². The molecule has 112 valence electrons. The molecule has 0 radical (unpaired) electrons. The predicted molar refractivity (Wildman–Crippen MR) is 85.6 cm³/mol. The monoisotopic (exact) mass is 326 g/mol. The summed E-state index contributed by atoms with van der Waals surface area (Å²) in [5.74, 6) is 1.68. The molecule has 6 nitrogen and oxygen atoms in total. The third-order valence-corrected chi connectivity index (χ3v) is 4.11. The Morgan fingerprint density at radius 1 is 1.24 bits per heavy atom. The Bertz CT molecular complexity index is 588. The minimum Gasteiger partial charge on any atom is -0.493 e. The van der Waals surface area contributed by atoms with Gasteiger partial charge in [0.1, 0.15) is 0 Å². The van der Waals surface area contributed by atoms with Gasteiger partial charge in [0.15, 0.2) is 15.8 Å². The second kappa shape index (κ2) is 6.77. The normalized spacial score (nSPS) is 14.9. The van der Waals surface area contributed by atoms with Gasteiger partial charge in [-0.1, -0.05) is 24.0 Å². The fraction of sp³-hybridized carbons (Fsp3) is 0.308. The number of hydrogen-bond donors (Lipinski definition) is 0. The van der Waals surface area contributed by atoms with Crippen molar-refractivity contribution in [2.45, 2.75) is 0 Å². The predicted octanol–water partition coefficient (Wildman–Crippen LogP) is 1.91. The lowest BCUT2D eigenvalue weighted by molar-refractivity contribution is -0.123. The Kier molecular flexibility index (Phi) is 5.03. The molecular weight excluding hydrogens is 312 g/mol. The van der Waals surface area contributed by atoms with E-state index in [0.29, 0.717) is 32.9 Å². The SMILES string of the molecule is COc1ccc(C=NN2C(=O)CSC2=S)c(OC)c1OC. The van der Waals surface area contributed by atoms with Gasteiger partial charge in [0.05, 0.1) is 33.3 Å². The van der Waals surface area contributed by atoms with E-state index in [0.717, 1.165) is 0 Å². The molecule has 0 unspecified atom stereocenters. The van der Waals surface area contributed by atoms with Crippen LogP contribution in [0.3, 0.4) is 0 Å². The Balaban J connectivity index is 2.36. The van der Waals surface area contributed by atoms with E-state index in [1.165, 1.54) is 37.2 Å². The van der Waals surface area contributed by atoms with Crippen molar-refractivity contribution < 1.29 is 19.0 Å². The quantitative estimate of drug-likeness (QED) is 0.608. The molecule has 0 spiro atoms. The van der Waals surface area contributed by atoms with Gasteiger partial charge < -0.3 is 14.2 Å². The number of methoxy groups -OCH3 is 3. The first-order chi connectivity index (χ1) is 10.1. The van der Waals surface area contributed by atoms with E-state index in [9.17, 15) is 4.79 Å². The summed E-state index contributed by atoms with van der Waals surface area (Å²) < 4.78 is 16.3. The van der Waals surface area contributed by atoms with Gasteiger partial charge in [-0.25, -0.2) is 0 Å². The van der Waals surface area contributed by atoms with Crippen molar-refractivity contribution in [3.05, 3.63) is 17.7 Å². The lowest BCUT2D eigenvalue weighted by atomic mass is 10.2. The van der Waals surface area contributed by atoms with Crippen molar-refractivity contribution >= 4 is 40.4 Å². The first-order valence-electron chi connectivity index (χ1n) is 5.95. The molecule has 21 heavy (non-hydrogen) atoms. The van der Waals surface area contributed by atoms with E-state index in [-0.39, 0.29) is 5.91 Å². The van der Waals surface area contributed by atoms with Crippen LogP contribution < -0.4 is 14.2 Å². The number of thiocarbonyl (C=S) groups is 1. The summed E-state index contributed by atoms with van der Waals surface area (Å²) in [5, 5.41) is 5.32. The van der Waals surface area contributed by atoms with E-state index in [1.54, 1.807) is 19.2 Å². The third-order valence-electron chi connectivity index (χ3n) is 2.78. The topological polar surface area (TPSA) is 60.4 Å². The summed E-state index contributed by atoms with van der Waals surface area (Å²) in [6, 6.07) is 3.50. The van der Waals surface area contributed by atoms with Crippen LogP contribution in [0.5, 0.6) is 17.2 Å². The second-order valence-corrected chi connectivity index (χ2v) is 5.54. The highest BCUT2D eigenvalue weighted by atomic mass is 32.2. The summed E-state index contributed by atoms with van der Waals surface area (Å²) in [5.41, 5.74) is 0.655. The molecule has 0 aliphatic carbocycles.